The first-order valence-electron chi connectivity index (χ1n) is 12.1. The minimum Gasteiger partial charge on any atom is -0.362 e. The number of benzene rings is 2. The zero-order valence-corrected chi connectivity index (χ0v) is 19.9. The van der Waals surface area contributed by atoms with E-state index in [9.17, 15) is 14.9 Å². The number of nitro benzene ring substituents is 1. The van der Waals surface area contributed by atoms with Crippen LogP contribution in [0.15, 0.2) is 54.6 Å². The van der Waals surface area contributed by atoms with Gasteiger partial charge in [0.05, 0.1) is 28.7 Å². The van der Waals surface area contributed by atoms with E-state index in [1.807, 2.05) is 37.3 Å². The van der Waals surface area contributed by atoms with Crippen LogP contribution in [0.5, 0.6) is 0 Å². The lowest BCUT2D eigenvalue weighted by atomic mass is 9.75. The molecular formula is C27H34N2O4. The number of amides is 1. The van der Waals surface area contributed by atoms with Crippen LogP contribution < -0.4 is 0 Å². The fourth-order valence-corrected chi connectivity index (χ4v) is 5.62. The first kappa shape index (κ1) is 23.4. The number of nitro groups is 1. The largest absolute Gasteiger partial charge is 0.362 e. The number of para-hydroxylation sites is 1. The Morgan fingerprint density at radius 2 is 1.70 bits per heavy atom. The van der Waals surface area contributed by atoms with Crippen molar-refractivity contribution in [3.8, 4) is 0 Å². The van der Waals surface area contributed by atoms with E-state index in [0.29, 0.717) is 23.3 Å². The lowest BCUT2D eigenvalue weighted by molar-refractivity contribution is -0.386. The Kier molecular flexibility index (Phi) is 6.84. The van der Waals surface area contributed by atoms with Gasteiger partial charge in [-0.3, -0.25) is 14.9 Å². The van der Waals surface area contributed by atoms with Crippen molar-refractivity contribution >= 4 is 11.6 Å². The molecule has 0 bridgehead atoms. The quantitative estimate of drug-likeness (QED) is 0.291. The van der Waals surface area contributed by atoms with E-state index in [1.54, 1.807) is 23.1 Å². The molecule has 0 spiro atoms. The van der Waals surface area contributed by atoms with Gasteiger partial charge in [-0.25, -0.2) is 0 Å². The van der Waals surface area contributed by atoms with E-state index in [1.165, 1.54) is 12.5 Å². The average Bonchev–Trinajstić information content (AvgIpc) is 2.80. The van der Waals surface area contributed by atoms with Crippen molar-refractivity contribution in [2.45, 2.75) is 71.2 Å². The van der Waals surface area contributed by atoms with Crippen molar-refractivity contribution in [1.82, 2.24) is 4.90 Å². The molecule has 4 rings (SSSR count). The lowest BCUT2D eigenvalue weighted by Crippen LogP contribution is -2.62. The molecular weight excluding hydrogens is 416 g/mol. The lowest BCUT2D eigenvalue weighted by Gasteiger charge is -2.52. The summed E-state index contributed by atoms with van der Waals surface area (Å²) in [5, 5.41) is 11.8. The van der Waals surface area contributed by atoms with E-state index in [4.69, 9.17) is 4.74 Å². The minimum atomic E-state index is -0.700. The van der Waals surface area contributed by atoms with Gasteiger partial charge in [0.2, 0.25) is 0 Å². The van der Waals surface area contributed by atoms with Gasteiger partial charge in [0.25, 0.3) is 11.6 Å². The highest BCUT2D eigenvalue weighted by Gasteiger charge is 2.54. The van der Waals surface area contributed by atoms with Crippen LogP contribution in [0.1, 0.15) is 70.2 Å². The molecule has 0 N–H and O–H groups in total. The molecule has 0 radical (unpaired) electrons. The molecule has 6 nitrogen and oxygen atoms in total. The summed E-state index contributed by atoms with van der Waals surface area (Å²) in [6, 6.07) is 15.8. The van der Waals surface area contributed by atoms with E-state index >= 15 is 0 Å². The minimum absolute atomic E-state index is 0.0119. The SMILES string of the molecule is CC(C)[C@@H]1CC[C@@H](C)C[C@H]1O[C@@H]1C(=O)N([C@@H](C)c2ccccc2)[C@@H]1c1ccccc1[N+](=O)[O-]. The van der Waals surface area contributed by atoms with Gasteiger partial charge in [-0.15, -0.1) is 0 Å². The molecule has 33 heavy (non-hydrogen) atoms. The smallest absolute Gasteiger partial charge is 0.274 e. The van der Waals surface area contributed by atoms with Crippen LogP contribution in [0.25, 0.3) is 0 Å². The van der Waals surface area contributed by atoms with Crippen molar-refractivity contribution in [2.75, 3.05) is 0 Å². The number of carbonyl (C=O) groups is 1. The van der Waals surface area contributed by atoms with E-state index < -0.39 is 12.1 Å². The van der Waals surface area contributed by atoms with Gasteiger partial charge in [0.15, 0.2) is 6.10 Å². The molecule has 0 unspecified atom stereocenters. The van der Waals surface area contributed by atoms with Crippen molar-refractivity contribution < 1.29 is 14.5 Å². The number of hydrogen-bond donors (Lipinski definition) is 0. The number of likely N-dealkylation sites (tertiary alicyclic amines) is 1. The normalized spacial score (nSPS) is 28.5. The molecule has 1 saturated carbocycles. The van der Waals surface area contributed by atoms with Crippen LogP contribution in [0.3, 0.4) is 0 Å². The second kappa shape index (κ2) is 9.64. The molecule has 2 fully saturated rings. The van der Waals surface area contributed by atoms with Crippen LogP contribution in [-0.2, 0) is 9.53 Å². The number of hydrogen-bond acceptors (Lipinski definition) is 4. The van der Waals surface area contributed by atoms with Gasteiger partial charge in [-0.2, -0.15) is 0 Å². The van der Waals surface area contributed by atoms with Gasteiger partial charge in [0.1, 0.15) is 0 Å². The molecule has 2 aliphatic rings. The molecule has 1 amide bonds. The third kappa shape index (κ3) is 4.54. The number of nitrogens with zero attached hydrogens (tertiary/aromatic N) is 2. The number of rotatable bonds is 7. The summed E-state index contributed by atoms with van der Waals surface area (Å²) in [6.07, 6.45) is 2.47. The van der Waals surface area contributed by atoms with Gasteiger partial charge >= 0.3 is 0 Å². The molecule has 0 aromatic heterocycles. The number of carbonyl (C=O) groups excluding carboxylic acids is 1. The highest BCUT2D eigenvalue weighted by atomic mass is 16.6. The molecule has 2 aromatic carbocycles. The topological polar surface area (TPSA) is 72.7 Å². The van der Waals surface area contributed by atoms with Crippen LogP contribution in [0.2, 0.25) is 0 Å². The number of β-lactam (4-membered cyclic amide) rings is 1. The second-order valence-corrected chi connectivity index (χ2v) is 10.0. The zero-order chi connectivity index (χ0) is 23.7. The van der Waals surface area contributed by atoms with E-state index in [-0.39, 0.29) is 28.7 Å². The summed E-state index contributed by atoms with van der Waals surface area (Å²) in [4.78, 5) is 26.7. The maximum atomic E-state index is 13.5. The van der Waals surface area contributed by atoms with Crippen molar-refractivity contribution in [2.24, 2.45) is 17.8 Å². The predicted octanol–water partition coefficient (Wildman–Crippen LogP) is 6.09. The molecule has 2 aromatic rings. The van der Waals surface area contributed by atoms with Crippen LogP contribution in [0.4, 0.5) is 5.69 Å². The highest BCUT2D eigenvalue weighted by Crippen LogP contribution is 2.47. The molecule has 6 heteroatoms. The average molecular weight is 451 g/mol. The first-order chi connectivity index (χ1) is 15.8. The Morgan fingerprint density at radius 3 is 2.36 bits per heavy atom. The van der Waals surface area contributed by atoms with Crippen molar-refractivity contribution in [3.05, 3.63) is 75.8 Å². The molecule has 6 atom stereocenters. The summed E-state index contributed by atoms with van der Waals surface area (Å²) in [7, 11) is 0. The Hall–Kier alpha value is -2.73. The number of ether oxygens (including phenoxy) is 1. The zero-order valence-electron chi connectivity index (χ0n) is 19.9. The summed E-state index contributed by atoms with van der Waals surface area (Å²) in [6.45, 7) is 8.63. The fraction of sp³-hybridized carbons (Fsp3) is 0.519. The van der Waals surface area contributed by atoms with Crippen molar-refractivity contribution in [1.29, 1.82) is 0 Å². The Bertz CT molecular complexity index is 993. The molecule has 176 valence electrons. The monoisotopic (exact) mass is 450 g/mol. The first-order valence-corrected chi connectivity index (χ1v) is 12.1. The van der Waals surface area contributed by atoms with Crippen LogP contribution in [-0.4, -0.2) is 27.9 Å². The Morgan fingerprint density at radius 1 is 1.03 bits per heavy atom. The molecule has 1 heterocycles. The summed E-state index contributed by atoms with van der Waals surface area (Å²) >= 11 is 0. The molecule has 1 aliphatic carbocycles. The summed E-state index contributed by atoms with van der Waals surface area (Å²) in [5.74, 6) is 1.31. The highest BCUT2D eigenvalue weighted by molar-refractivity contribution is 5.90. The Labute approximate surface area is 196 Å². The van der Waals surface area contributed by atoms with Gasteiger partial charge in [0, 0.05) is 6.07 Å². The van der Waals surface area contributed by atoms with Crippen LogP contribution >= 0.6 is 0 Å². The third-order valence-corrected chi connectivity index (χ3v) is 7.52. The van der Waals surface area contributed by atoms with E-state index in [2.05, 4.69) is 20.8 Å². The van der Waals surface area contributed by atoms with Gasteiger partial charge in [-0.1, -0.05) is 69.7 Å². The third-order valence-electron chi connectivity index (χ3n) is 7.52. The summed E-state index contributed by atoms with van der Waals surface area (Å²) in [5.41, 5.74) is 1.57. The predicted molar refractivity (Wildman–Crippen MR) is 128 cm³/mol. The van der Waals surface area contributed by atoms with Crippen LogP contribution in [0, 0.1) is 27.9 Å². The summed E-state index contributed by atoms with van der Waals surface area (Å²) < 4.78 is 6.59. The maximum absolute atomic E-state index is 13.5. The maximum Gasteiger partial charge on any atom is 0.274 e. The molecule has 1 saturated heterocycles. The van der Waals surface area contributed by atoms with E-state index in [0.717, 1.165) is 18.4 Å². The van der Waals surface area contributed by atoms with Gasteiger partial charge < -0.3 is 9.64 Å². The second-order valence-electron chi connectivity index (χ2n) is 10.0. The van der Waals surface area contributed by atoms with Crippen molar-refractivity contribution in [3.63, 3.8) is 0 Å². The fourth-order valence-electron chi connectivity index (χ4n) is 5.62. The van der Waals surface area contributed by atoms with Gasteiger partial charge in [-0.05, 0) is 49.1 Å². The molecule has 1 aliphatic heterocycles. The standard InChI is InChI=1S/C27H34N2O4/c1-17(2)21-15-14-18(3)16-24(21)33-26-25(22-12-8-9-13-23(22)29(31)32)28(27(26)30)19(4)20-10-6-5-7-11-20/h5-13,17-19,21,24-26H,14-16H2,1-4H3/t18-,19+,21+,24-,25-,26+/m1/s1. The Balaban J connectivity index is 1.69.